The van der Waals surface area contributed by atoms with Gasteiger partial charge in [-0.05, 0) is 25.1 Å². The van der Waals surface area contributed by atoms with Crippen LogP contribution in [0.15, 0.2) is 53.5 Å². The number of furan rings is 1. The van der Waals surface area contributed by atoms with Crippen molar-refractivity contribution >= 4 is 5.91 Å². The lowest BCUT2D eigenvalue weighted by molar-refractivity contribution is 0.0949. The lowest BCUT2D eigenvalue weighted by atomic mass is 10.2. The highest BCUT2D eigenvalue weighted by Gasteiger charge is 2.12. The van der Waals surface area contributed by atoms with Crippen molar-refractivity contribution in [1.82, 2.24) is 20.1 Å². The highest BCUT2D eigenvalue weighted by Crippen LogP contribution is 2.12. The number of hydrogen-bond donors (Lipinski definition) is 1. The Bertz CT molecular complexity index is 747. The molecule has 106 valence electrons. The molecular weight excluding hydrogens is 268 g/mol. The molecule has 3 rings (SSSR count). The highest BCUT2D eigenvalue weighted by atomic mass is 16.3. The van der Waals surface area contributed by atoms with Crippen LogP contribution in [0.2, 0.25) is 0 Å². The van der Waals surface area contributed by atoms with Crippen molar-refractivity contribution in [1.29, 1.82) is 0 Å². The first-order valence-electron chi connectivity index (χ1n) is 6.52. The molecule has 0 bridgehead atoms. The van der Waals surface area contributed by atoms with E-state index in [1.165, 1.54) is 6.26 Å². The fourth-order valence-electron chi connectivity index (χ4n) is 2.06. The second-order valence-electron chi connectivity index (χ2n) is 4.51. The van der Waals surface area contributed by atoms with Crippen LogP contribution >= 0.6 is 0 Å². The first kappa shape index (κ1) is 13.1. The Balaban J connectivity index is 1.77. The number of pyridine rings is 1. The molecule has 1 N–H and O–H groups in total. The van der Waals surface area contributed by atoms with Crippen LogP contribution in [0.3, 0.4) is 0 Å². The van der Waals surface area contributed by atoms with Gasteiger partial charge >= 0.3 is 0 Å². The van der Waals surface area contributed by atoms with Crippen molar-refractivity contribution in [3.63, 3.8) is 0 Å². The van der Waals surface area contributed by atoms with Crippen LogP contribution in [0.4, 0.5) is 0 Å². The Hall–Kier alpha value is -2.89. The summed E-state index contributed by atoms with van der Waals surface area (Å²) in [7, 11) is 0. The number of nitrogens with one attached hydrogen (secondary N) is 1. The van der Waals surface area contributed by atoms with Crippen LogP contribution < -0.4 is 5.32 Å². The second kappa shape index (κ2) is 5.62. The maximum Gasteiger partial charge on any atom is 0.255 e. The smallest absolute Gasteiger partial charge is 0.255 e. The molecule has 0 saturated carbocycles. The van der Waals surface area contributed by atoms with Gasteiger partial charge in [0, 0.05) is 30.7 Å². The van der Waals surface area contributed by atoms with Gasteiger partial charge < -0.3 is 9.73 Å². The SMILES string of the molecule is Cc1occc1C(=O)NCc1cccnc1-n1cccn1. The Morgan fingerprint density at radius 3 is 2.95 bits per heavy atom. The molecule has 0 aromatic carbocycles. The summed E-state index contributed by atoms with van der Waals surface area (Å²) in [4.78, 5) is 16.4. The zero-order valence-electron chi connectivity index (χ0n) is 11.5. The van der Waals surface area contributed by atoms with E-state index in [0.717, 1.165) is 5.56 Å². The second-order valence-corrected chi connectivity index (χ2v) is 4.51. The summed E-state index contributed by atoms with van der Waals surface area (Å²) >= 11 is 0. The van der Waals surface area contributed by atoms with Crippen LogP contribution in [0.5, 0.6) is 0 Å². The van der Waals surface area contributed by atoms with E-state index in [-0.39, 0.29) is 5.91 Å². The topological polar surface area (TPSA) is 73.0 Å². The summed E-state index contributed by atoms with van der Waals surface area (Å²) in [6, 6.07) is 7.22. The van der Waals surface area contributed by atoms with E-state index < -0.39 is 0 Å². The molecule has 0 aliphatic heterocycles. The Morgan fingerprint density at radius 1 is 1.33 bits per heavy atom. The standard InChI is InChI=1S/C15H14N4O2/c1-11-13(5-9-21-11)15(20)17-10-12-4-2-6-16-14(12)19-8-3-7-18-19/h2-9H,10H2,1H3,(H,17,20). The van der Waals surface area contributed by atoms with Crippen LogP contribution in [0.25, 0.3) is 5.82 Å². The number of rotatable bonds is 4. The van der Waals surface area contributed by atoms with Gasteiger partial charge in [0.25, 0.3) is 5.91 Å². The molecule has 21 heavy (non-hydrogen) atoms. The van der Waals surface area contributed by atoms with E-state index >= 15 is 0 Å². The molecule has 0 radical (unpaired) electrons. The molecule has 0 saturated heterocycles. The zero-order valence-corrected chi connectivity index (χ0v) is 11.5. The fraction of sp³-hybridized carbons (Fsp3) is 0.133. The quantitative estimate of drug-likeness (QED) is 0.795. The van der Waals surface area contributed by atoms with Gasteiger partial charge in [-0.15, -0.1) is 0 Å². The summed E-state index contributed by atoms with van der Waals surface area (Å²) in [6.45, 7) is 2.13. The van der Waals surface area contributed by atoms with E-state index in [2.05, 4.69) is 15.4 Å². The van der Waals surface area contributed by atoms with Crippen LogP contribution in [0, 0.1) is 6.92 Å². The van der Waals surface area contributed by atoms with E-state index in [1.807, 2.05) is 24.4 Å². The van der Waals surface area contributed by atoms with E-state index in [4.69, 9.17) is 4.42 Å². The first-order valence-corrected chi connectivity index (χ1v) is 6.52. The van der Waals surface area contributed by atoms with Crippen molar-refractivity contribution < 1.29 is 9.21 Å². The molecule has 3 aromatic heterocycles. The largest absolute Gasteiger partial charge is 0.469 e. The van der Waals surface area contributed by atoms with Gasteiger partial charge in [0.1, 0.15) is 5.76 Å². The van der Waals surface area contributed by atoms with E-state index in [9.17, 15) is 4.79 Å². The number of aromatic nitrogens is 3. The fourth-order valence-corrected chi connectivity index (χ4v) is 2.06. The number of carbonyl (C=O) groups is 1. The Kier molecular flexibility index (Phi) is 3.51. The lowest BCUT2D eigenvalue weighted by Crippen LogP contribution is -2.24. The van der Waals surface area contributed by atoms with Crippen LogP contribution in [-0.2, 0) is 6.54 Å². The van der Waals surface area contributed by atoms with Gasteiger partial charge in [0.05, 0.1) is 11.8 Å². The van der Waals surface area contributed by atoms with Crippen molar-refractivity contribution in [3.8, 4) is 5.82 Å². The maximum absolute atomic E-state index is 12.1. The normalized spacial score (nSPS) is 10.5. The third-order valence-corrected chi connectivity index (χ3v) is 3.13. The predicted molar refractivity (Wildman–Crippen MR) is 76.0 cm³/mol. The number of aryl methyl sites for hydroxylation is 1. The van der Waals surface area contributed by atoms with E-state index in [0.29, 0.717) is 23.7 Å². The van der Waals surface area contributed by atoms with E-state index in [1.54, 1.807) is 30.1 Å². The molecule has 6 nitrogen and oxygen atoms in total. The molecule has 0 aliphatic rings. The third kappa shape index (κ3) is 2.69. The summed E-state index contributed by atoms with van der Waals surface area (Å²) in [5.41, 5.74) is 1.43. The van der Waals surface area contributed by atoms with Crippen molar-refractivity contribution in [2.45, 2.75) is 13.5 Å². The molecule has 0 unspecified atom stereocenters. The van der Waals surface area contributed by atoms with Gasteiger partial charge in [-0.3, -0.25) is 4.79 Å². The average Bonchev–Trinajstić information content (AvgIpc) is 3.16. The summed E-state index contributed by atoms with van der Waals surface area (Å²) in [5.74, 6) is 1.13. The van der Waals surface area contributed by atoms with Gasteiger partial charge in [0.15, 0.2) is 5.82 Å². The van der Waals surface area contributed by atoms with Crippen LogP contribution in [0.1, 0.15) is 21.7 Å². The number of hydrogen-bond acceptors (Lipinski definition) is 4. The van der Waals surface area contributed by atoms with Crippen molar-refractivity contribution in [2.75, 3.05) is 0 Å². The van der Waals surface area contributed by atoms with Crippen molar-refractivity contribution in [3.05, 3.63) is 66.0 Å². The number of nitrogens with zero attached hydrogens (tertiary/aromatic N) is 3. The average molecular weight is 282 g/mol. The Labute approximate surface area is 121 Å². The molecule has 0 aliphatic carbocycles. The summed E-state index contributed by atoms with van der Waals surface area (Å²) in [6.07, 6.45) is 6.70. The molecule has 3 heterocycles. The van der Waals surface area contributed by atoms with Gasteiger partial charge in [-0.1, -0.05) is 6.07 Å². The van der Waals surface area contributed by atoms with Gasteiger partial charge in [-0.2, -0.15) is 5.10 Å². The minimum absolute atomic E-state index is 0.170. The summed E-state index contributed by atoms with van der Waals surface area (Å²) in [5, 5.41) is 7.03. The highest BCUT2D eigenvalue weighted by molar-refractivity contribution is 5.95. The number of carbonyl (C=O) groups excluding carboxylic acids is 1. The molecule has 0 atom stereocenters. The first-order chi connectivity index (χ1) is 10.3. The molecule has 1 amide bonds. The Morgan fingerprint density at radius 2 is 2.24 bits per heavy atom. The number of amides is 1. The van der Waals surface area contributed by atoms with Crippen molar-refractivity contribution in [2.24, 2.45) is 0 Å². The third-order valence-electron chi connectivity index (χ3n) is 3.13. The van der Waals surface area contributed by atoms with Gasteiger partial charge in [0.2, 0.25) is 0 Å². The van der Waals surface area contributed by atoms with Crippen LogP contribution in [-0.4, -0.2) is 20.7 Å². The molecular formula is C15H14N4O2. The minimum Gasteiger partial charge on any atom is -0.469 e. The minimum atomic E-state index is -0.170. The predicted octanol–water partition coefficient (Wildman–Crippen LogP) is 2.10. The maximum atomic E-state index is 12.1. The monoisotopic (exact) mass is 282 g/mol. The molecule has 0 spiro atoms. The molecule has 3 aromatic rings. The lowest BCUT2D eigenvalue weighted by Gasteiger charge is -2.09. The zero-order chi connectivity index (χ0) is 14.7. The molecule has 6 heteroatoms. The molecule has 0 fully saturated rings. The summed E-state index contributed by atoms with van der Waals surface area (Å²) < 4.78 is 6.80. The van der Waals surface area contributed by atoms with Gasteiger partial charge in [-0.25, -0.2) is 9.67 Å².